The van der Waals surface area contributed by atoms with Crippen LogP contribution in [0.5, 0.6) is 5.75 Å². The van der Waals surface area contributed by atoms with Crippen LogP contribution in [0.3, 0.4) is 0 Å². The van der Waals surface area contributed by atoms with Crippen LogP contribution in [0.15, 0.2) is 17.5 Å². The zero-order chi connectivity index (χ0) is 12.4. The van der Waals surface area contributed by atoms with Gasteiger partial charge in [-0.15, -0.1) is 11.3 Å². The molecule has 17 heavy (non-hydrogen) atoms. The van der Waals surface area contributed by atoms with Crippen LogP contribution in [-0.4, -0.2) is 4.98 Å². The third-order valence-electron chi connectivity index (χ3n) is 2.68. The van der Waals surface area contributed by atoms with Crippen molar-refractivity contribution in [2.24, 2.45) is 0 Å². The molecular formula is C13H16N2OS. The Morgan fingerprint density at radius 1 is 1.29 bits per heavy atom. The van der Waals surface area contributed by atoms with Gasteiger partial charge in [-0.25, -0.2) is 4.98 Å². The van der Waals surface area contributed by atoms with E-state index < -0.39 is 0 Å². The highest BCUT2D eigenvalue weighted by Crippen LogP contribution is 2.28. The van der Waals surface area contributed by atoms with Crippen LogP contribution in [0.1, 0.15) is 21.8 Å². The second-order valence-electron chi connectivity index (χ2n) is 4.07. The highest BCUT2D eigenvalue weighted by atomic mass is 32.1. The Balaban J connectivity index is 2.16. The molecule has 0 fully saturated rings. The van der Waals surface area contributed by atoms with Crippen LogP contribution in [0, 0.1) is 20.8 Å². The summed E-state index contributed by atoms with van der Waals surface area (Å²) in [5.41, 5.74) is 9.70. The van der Waals surface area contributed by atoms with Crippen LogP contribution in [-0.2, 0) is 6.61 Å². The molecule has 2 N–H and O–H groups in total. The summed E-state index contributed by atoms with van der Waals surface area (Å²) in [4.78, 5) is 4.37. The van der Waals surface area contributed by atoms with E-state index >= 15 is 0 Å². The molecule has 0 radical (unpaired) electrons. The maximum Gasteiger partial charge on any atom is 0.131 e. The number of nitrogen functional groups attached to an aromatic ring is 1. The number of benzene rings is 1. The van der Waals surface area contributed by atoms with Crippen molar-refractivity contribution >= 4 is 17.0 Å². The van der Waals surface area contributed by atoms with Gasteiger partial charge >= 0.3 is 0 Å². The molecule has 0 aliphatic heterocycles. The van der Waals surface area contributed by atoms with E-state index in [0.717, 1.165) is 33.3 Å². The molecule has 0 unspecified atom stereocenters. The molecule has 0 saturated carbocycles. The fraction of sp³-hybridized carbons (Fsp3) is 0.308. The smallest absolute Gasteiger partial charge is 0.131 e. The fourth-order valence-electron chi connectivity index (χ4n) is 1.69. The lowest BCUT2D eigenvalue weighted by molar-refractivity contribution is 0.298. The van der Waals surface area contributed by atoms with Gasteiger partial charge in [0.05, 0.1) is 10.7 Å². The van der Waals surface area contributed by atoms with Crippen LogP contribution >= 0.6 is 11.3 Å². The van der Waals surface area contributed by atoms with Crippen molar-refractivity contribution in [3.63, 3.8) is 0 Å². The van der Waals surface area contributed by atoms with Gasteiger partial charge in [0.2, 0.25) is 0 Å². The SMILES string of the molecule is Cc1nc(COc2c(C)ccc(N)c2C)cs1. The zero-order valence-electron chi connectivity index (χ0n) is 10.3. The number of thiazole rings is 1. The highest BCUT2D eigenvalue weighted by molar-refractivity contribution is 7.09. The number of anilines is 1. The highest BCUT2D eigenvalue weighted by Gasteiger charge is 2.08. The van der Waals surface area contributed by atoms with Gasteiger partial charge in [0, 0.05) is 16.6 Å². The summed E-state index contributed by atoms with van der Waals surface area (Å²) < 4.78 is 5.81. The molecule has 0 spiro atoms. The average molecular weight is 248 g/mol. The van der Waals surface area contributed by atoms with Gasteiger partial charge in [0.1, 0.15) is 12.4 Å². The largest absolute Gasteiger partial charge is 0.487 e. The fourth-order valence-corrected chi connectivity index (χ4v) is 2.28. The lowest BCUT2D eigenvalue weighted by Gasteiger charge is -2.12. The van der Waals surface area contributed by atoms with Crippen LogP contribution in [0.4, 0.5) is 5.69 Å². The molecular weight excluding hydrogens is 232 g/mol. The lowest BCUT2D eigenvalue weighted by atomic mass is 10.1. The summed E-state index contributed by atoms with van der Waals surface area (Å²) in [7, 11) is 0. The van der Waals surface area contributed by atoms with Crippen molar-refractivity contribution in [3.8, 4) is 5.75 Å². The molecule has 0 atom stereocenters. The van der Waals surface area contributed by atoms with E-state index in [0.29, 0.717) is 6.61 Å². The van der Waals surface area contributed by atoms with Gasteiger partial charge in [-0.2, -0.15) is 0 Å². The summed E-state index contributed by atoms with van der Waals surface area (Å²) in [6.45, 7) is 6.48. The van der Waals surface area contributed by atoms with Crippen LogP contribution in [0.25, 0.3) is 0 Å². The van der Waals surface area contributed by atoms with E-state index in [-0.39, 0.29) is 0 Å². The number of rotatable bonds is 3. The van der Waals surface area contributed by atoms with Gasteiger partial charge in [-0.05, 0) is 32.4 Å². The standard InChI is InChI=1S/C13H16N2OS/c1-8-4-5-12(14)9(2)13(8)16-6-11-7-17-10(3)15-11/h4-5,7H,6,14H2,1-3H3. The predicted octanol–water partition coefficient (Wildman–Crippen LogP) is 3.23. The Labute approximate surface area is 105 Å². The second kappa shape index (κ2) is 4.75. The Hall–Kier alpha value is -1.55. The molecule has 1 aromatic heterocycles. The van der Waals surface area contributed by atoms with Gasteiger partial charge in [-0.3, -0.25) is 0 Å². The zero-order valence-corrected chi connectivity index (χ0v) is 11.1. The number of ether oxygens (including phenoxy) is 1. The Bertz CT molecular complexity index is 534. The molecule has 0 bridgehead atoms. The molecule has 0 aliphatic rings. The molecule has 90 valence electrons. The van der Waals surface area contributed by atoms with E-state index in [1.807, 2.05) is 38.3 Å². The molecule has 0 saturated heterocycles. The number of aryl methyl sites for hydroxylation is 2. The number of nitrogens with two attached hydrogens (primary N) is 1. The number of hydrogen-bond donors (Lipinski definition) is 1. The van der Waals surface area contributed by atoms with Crippen molar-refractivity contribution < 1.29 is 4.74 Å². The number of hydrogen-bond acceptors (Lipinski definition) is 4. The van der Waals surface area contributed by atoms with Gasteiger partial charge in [0.15, 0.2) is 0 Å². The van der Waals surface area contributed by atoms with Crippen molar-refractivity contribution in [2.75, 3.05) is 5.73 Å². The minimum Gasteiger partial charge on any atom is -0.487 e. The molecule has 3 nitrogen and oxygen atoms in total. The van der Waals surface area contributed by atoms with E-state index in [1.54, 1.807) is 11.3 Å². The van der Waals surface area contributed by atoms with Gasteiger partial charge < -0.3 is 10.5 Å². The third kappa shape index (κ3) is 2.58. The summed E-state index contributed by atoms with van der Waals surface area (Å²) in [5, 5.41) is 3.08. The maximum absolute atomic E-state index is 5.87. The second-order valence-corrected chi connectivity index (χ2v) is 5.13. The first-order chi connectivity index (χ1) is 8.08. The molecule has 0 aliphatic carbocycles. The molecule has 2 rings (SSSR count). The van der Waals surface area contributed by atoms with Crippen molar-refractivity contribution in [2.45, 2.75) is 27.4 Å². The molecule has 1 heterocycles. The minimum absolute atomic E-state index is 0.496. The van der Waals surface area contributed by atoms with E-state index in [1.165, 1.54) is 0 Å². The Morgan fingerprint density at radius 3 is 2.71 bits per heavy atom. The van der Waals surface area contributed by atoms with E-state index in [4.69, 9.17) is 10.5 Å². The molecule has 1 aromatic carbocycles. The Kier molecular flexibility index (Phi) is 3.33. The van der Waals surface area contributed by atoms with Crippen molar-refractivity contribution in [1.29, 1.82) is 0 Å². The topological polar surface area (TPSA) is 48.1 Å². The van der Waals surface area contributed by atoms with Crippen LogP contribution < -0.4 is 10.5 Å². The Morgan fingerprint density at radius 2 is 2.06 bits per heavy atom. The normalized spacial score (nSPS) is 10.5. The van der Waals surface area contributed by atoms with Crippen molar-refractivity contribution in [1.82, 2.24) is 4.98 Å². The van der Waals surface area contributed by atoms with E-state index in [9.17, 15) is 0 Å². The first-order valence-corrected chi connectivity index (χ1v) is 6.35. The van der Waals surface area contributed by atoms with Crippen molar-refractivity contribution in [3.05, 3.63) is 39.3 Å². The molecule has 4 heteroatoms. The summed E-state index contributed by atoms with van der Waals surface area (Å²) in [6.07, 6.45) is 0. The summed E-state index contributed by atoms with van der Waals surface area (Å²) in [6, 6.07) is 3.88. The first-order valence-electron chi connectivity index (χ1n) is 5.47. The first kappa shape index (κ1) is 11.9. The van der Waals surface area contributed by atoms with E-state index in [2.05, 4.69) is 4.98 Å². The molecule has 2 aromatic rings. The number of nitrogens with zero attached hydrogens (tertiary/aromatic N) is 1. The number of aromatic nitrogens is 1. The third-order valence-corrected chi connectivity index (χ3v) is 3.50. The molecule has 0 amide bonds. The predicted molar refractivity (Wildman–Crippen MR) is 71.5 cm³/mol. The summed E-state index contributed by atoms with van der Waals surface area (Å²) >= 11 is 1.64. The minimum atomic E-state index is 0.496. The van der Waals surface area contributed by atoms with Gasteiger partial charge in [0.25, 0.3) is 0 Å². The maximum atomic E-state index is 5.87. The van der Waals surface area contributed by atoms with Gasteiger partial charge in [-0.1, -0.05) is 6.07 Å². The summed E-state index contributed by atoms with van der Waals surface area (Å²) in [5.74, 6) is 0.871. The van der Waals surface area contributed by atoms with Crippen LogP contribution in [0.2, 0.25) is 0 Å². The monoisotopic (exact) mass is 248 g/mol. The quantitative estimate of drug-likeness (QED) is 0.848. The lowest BCUT2D eigenvalue weighted by Crippen LogP contribution is -2.01. The average Bonchev–Trinajstić information content (AvgIpc) is 2.70.